The van der Waals surface area contributed by atoms with Crippen molar-refractivity contribution >= 4 is 10.0 Å². The number of ether oxygens (including phenoxy) is 1. The Kier molecular flexibility index (Phi) is 4.76. The first kappa shape index (κ1) is 20.1. The molecule has 3 saturated heterocycles. The zero-order chi connectivity index (χ0) is 20.3. The van der Waals surface area contributed by atoms with Gasteiger partial charge in [-0.25, -0.2) is 18.4 Å². The molecule has 0 saturated carbocycles. The average molecular weight is 416 g/mol. The van der Waals surface area contributed by atoms with E-state index in [1.165, 1.54) is 18.2 Å². The van der Waals surface area contributed by atoms with Crippen LogP contribution in [0.3, 0.4) is 0 Å². The van der Waals surface area contributed by atoms with Gasteiger partial charge in [0.05, 0.1) is 11.4 Å². The van der Waals surface area contributed by atoms with Crippen LogP contribution in [0.4, 0.5) is 8.78 Å². The van der Waals surface area contributed by atoms with Crippen LogP contribution in [0.2, 0.25) is 0 Å². The van der Waals surface area contributed by atoms with Gasteiger partial charge >= 0.3 is 5.92 Å². The molecule has 0 bridgehead atoms. The summed E-state index contributed by atoms with van der Waals surface area (Å²) in [5, 5.41) is 0. The molecule has 28 heavy (non-hydrogen) atoms. The molecule has 1 aromatic heterocycles. The number of hydrogen-bond acceptors (Lipinski definition) is 6. The van der Waals surface area contributed by atoms with Crippen LogP contribution < -0.4 is 0 Å². The Balaban J connectivity index is 1.45. The normalized spacial score (nSPS) is 24.2. The third-order valence-electron chi connectivity index (χ3n) is 6.00. The number of sulfonamides is 1. The standard InChI is InChI=1S/C18H26F2N4O3S/c1-12-15(13(2)22-16(21-12)17(3,19)20)28(25,26)24-10-18(11-24)8-23(9-18)14-4-6-27-7-5-14/h14H,4-11H2,1-3H3. The molecule has 0 unspecified atom stereocenters. The monoisotopic (exact) mass is 416 g/mol. The largest absolute Gasteiger partial charge is 0.381 e. The van der Waals surface area contributed by atoms with E-state index in [-0.39, 0.29) is 21.7 Å². The van der Waals surface area contributed by atoms with Crippen LogP contribution >= 0.6 is 0 Å². The minimum absolute atomic E-state index is 0.0183. The Labute approximate surface area is 164 Å². The number of aromatic nitrogens is 2. The summed E-state index contributed by atoms with van der Waals surface area (Å²) in [6.07, 6.45) is 2.06. The molecule has 1 spiro atoms. The molecule has 1 aromatic rings. The third kappa shape index (κ3) is 3.34. The van der Waals surface area contributed by atoms with Crippen molar-refractivity contribution in [2.75, 3.05) is 39.4 Å². The summed E-state index contributed by atoms with van der Waals surface area (Å²) in [6, 6.07) is 0.533. The molecule has 4 rings (SSSR count). The van der Waals surface area contributed by atoms with E-state index in [9.17, 15) is 17.2 Å². The summed E-state index contributed by atoms with van der Waals surface area (Å²) in [5.74, 6) is -3.86. The fourth-order valence-electron chi connectivity index (χ4n) is 4.60. The van der Waals surface area contributed by atoms with Crippen LogP contribution in [0, 0.1) is 19.3 Å². The summed E-state index contributed by atoms with van der Waals surface area (Å²) in [4.78, 5) is 9.91. The molecule has 10 heteroatoms. The second-order valence-corrected chi connectivity index (χ2v) is 10.3. The molecular formula is C18H26F2N4O3S. The maximum absolute atomic E-state index is 13.5. The second-order valence-electron chi connectivity index (χ2n) is 8.46. The quantitative estimate of drug-likeness (QED) is 0.744. The van der Waals surface area contributed by atoms with Crippen molar-refractivity contribution in [2.45, 2.75) is 50.5 Å². The molecule has 0 amide bonds. The van der Waals surface area contributed by atoms with Gasteiger partial charge in [-0.2, -0.15) is 13.1 Å². The Hall–Kier alpha value is -1.23. The molecule has 4 heterocycles. The van der Waals surface area contributed by atoms with Crippen LogP contribution in [0.15, 0.2) is 4.90 Å². The second kappa shape index (κ2) is 6.65. The van der Waals surface area contributed by atoms with Crippen molar-refractivity contribution in [1.29, 1.82) is 0 Å². The van der Waals surface area contributed by atoms with Gasteiger partial charge in [0, 0.05) is 57.8 Å². The van der Waals surface area contributed by atoms with Gasteiger partial charge in [-0.1, -0.05) is 0 Å². The fourth-order valence-corrected chi connectivity index (χ4v) is 6.58. The van der Waals surface area contributed by atoms with E-state index in [1.54, 1.807) is 0 Å². The third-order valence-corrected chi connectivity index (χ3v) is 8.05. The maximum Gasteiger partial charge on any atom is 0.303 e. The molecule has 3 aliphatic rings. The Bertz CT molecular complexity index is 844. The topological polar surface area (TPSA) is 75.6 Å². The minimum atomic E-state index is -3.79. The van der Waals surface area contributed by atoms with E-state index >= 15 is 0 Å². The number of halogens is 2. The van der Waals surface area contributed by atoms with Crippen molar-refractivity contribution in [2.24, 2.45) is 5.41 Å². The Morgan fingerprint density at radius 1 is 1.07 bits per heavy atom. The smallest absolute Gasteiger partial charge is 0.303 e. The van der Waals surface area contributed by atoms with Crippen LogP contribution in [0.5, 0.6) is 0 Å². The lowest BCUT2D eigenvalue weighted by molar-refractivity contribution is -0.116. The molecule has 0 aliphatic carbocycles. The number of hydrogen-bond donors (Lipinski definition) is 0. The highest BCUT2D eigenvalue weighted by molar-refractivity contribution is 7.89. The molecule has 3 fully saturated rings. The van der Waals surface area contributed by atoms with Gasteiger partial charge < -0.3 is 4.74 Å². The molecule has 0 aromatic carbocycles. The van der Waals surface area contributed by atoms with E-state index in [0.29, 0.717) is 26.1 Å². The van der Waals surface area contributed by atoms with Crippen molar-refractivity contribution in [3.05, 3.63) is 17.2 Å². The van der Waals surface area contributed by atoms with E-state index in [1.807, 2.05) is 0 Å². The number of rotatable bonds is 4. The molecule has 7 nitrogen and oxygen atoms in total. The lowest BCUT2D eigenvalue weighted by atomic mass is 9.73. The van der Waals surface area contributed by atoms with Crippen molar-refractivity contribution < 1.29 is 21.9 Å². The molecule has 0 N–H and O–H groups in total. The number of alkyl halides is 2. The molecule has 156 valence electrons. The van der Waals surface area contributed by atoms with E-state index in [2.05, 4.69) is 14.9 Å². The number of likely N-dealkylation sites (tertiary alicyclic amines) is 1. The summed E-state index contributed by atoms with van der Waals surface area (Å²) in [6.45, 7) is 7.90. The summed E-state index contributed by atoms with van der Waals surface area (Å²) in [5.41, 5.74) is 0.162. The van der Waals surface area contributed by atoms with Crippen molar-refractivity contribution in [3.8, 4) is 0 Å². The van der Waals surface area contributed by atoms with Crippen LogP contribution in [0.1, 0.15) is 37.0 Å². The van der Waals surface area contributed by atoms with Crippen LogP contribution in [0.25, 0.3) is 0 Å². The Morgan fingerprint density at radius 3 is 2.11 bits per heavy atom. The summed E-state index contributed by atoms with van der Waals surface area (Å²) >= 11 is 0. The highest BCUT2D eigenvalue weighted by atomic mass is 32.2. The molecule has 0 radical (unpaired) electrons. The van der Waals surface area contributed by atoms with Crippen LogP contribution in [-0.4, -0.2) is 73.0 Å². The first-order valence-electron chi connectivity index (χ1n) is 9.57. The maximum atomic E-state index is 13.5. The minimum Gasteiger partial charge on any atom is -0.381 e. The van der Waals surface area contributed by atoms with Gasteiger partial charge in [-0.3, -0.25) is 4.90 Å². The zero-order valence-corrected chi connectivity index (χ0v) is 17.2. The van der Waals surface area contributed by atoms with Gasteiger partial charge in [-0.15, -0.1) is 0 Å². The Morgan fingerprint density at radius 2 is 1.61 bits per heavy atom. The lowest BCUT2D eigenvalue weighted by Crippen LogP contribution is -2.74. The van der Waals surface area contributed by atoms with Gasteiger partial charge in [0.15, 0.2) is 5.82 Å². The predicted octanol–water partition coefficient (Wildman–Crippen LogP) is 1.69. The first-order chi connectivity index (χ1) is 13.0. The first-order valence-corrected chi connectivity index (χ1v) is 11.0. The van der Waals surface area contributed by atoms with Gasteiger partial charge in [0.1, 0.15) is 4.90 Å². The predicted molar refractivity (Wildman–Crippen MR) is 97.7 cm³/mol. The summed E-state index contributed by atoms with van der Waals surface area (Å²) < 4.78 is 60.0. The molecular weight excluding hydrogens is 390 g/mol. The van der Waals surface area contributed by atoms with Gasteiger partial charge in [0.25, 0.3) is 0 Å². The fraction of sp³-hybridized carbons (Fsp3) is 0.778. The summed E-state index contributed by atoms with van der Waals surface area (Å²) in [7, 11) is -3.79. The SMILES string of the molecule is Cc1nc(C(C)(F)F)nc(C)c1S(=O)(=O)N1CC2(CN(C3CCOCC3)C2)C1. The van der Waals surface area contributed by atoms with Gasteiger partial charge in [-0.05, 0) is 26.7 Å². The lowest BCUT2D eigenvalue weighted by Gasteiger charge is -2.61. The molecule has 3 aliphatic heterocycles. The van der Waals surface area contributed by atoms with Crippen molar-refractivity contribution in [3.63, 3.8) is 0 Å². The molecule has 0 atom stereocenters. The number of aryl methyl sites for hydroxylation is 2. The van der Waals surface area contributed by atoms with Crippen LogP contribution in [-0.2, 0) is 20.7 Å². The highest BCUT2D eigenvalue weighted by Gasteiger charge is 2.56. The van der Waals surface area contributed by atoms with E-state index < -0.39 is 21.8 Å². The highest BCUT2D eigenvalue weighted by Crippen LogP contribution is 2.44. The van der Waals surface area contributed by atoms with Crippen molar-refractivity contribution in [1.82, 2.24) is 19.2 Å². The number of nitrogens with zero attached hydrogens (tertiary/aromatic N) is 4. The van der Waals surface area contributed by atoms with E-state index in [4.69, 9.17) is 4.74 Å². The zero-order valence-electron chi connectivity index (χ0n) is 16.4. The van der Waals surface area contributed by atoms with E-state index in [0.717, 1.165) is 39.1 Å². The van der Waals surface area contributed by atoms with Gasteiger partial charge in [0.2, 0.25) is 10.0 Å². The average Bonchev–Trinajstić information content (AvgIpc) is 2.51.